The monoisotopic (exact) mass is 396 g/mol. The van der Waals surface area contributed by atoms with Crippen molar-refractivity contribution in [3.05, 3.63) is 60.2 Å². The van der Waals surface area contributed by atoms with E-state index in [-0.39, 0.29) is 11.9 Å². The van der Waals surface area contributed by atoms with Crippen molar-refractivity contribution in [1.29, 1.82) is 0 Å². The first-order chi connectivity index (χ1) is 14.1. The van der Waals surface area contributed by atoms with Crippen LogP contribution in [0.25, 0.3) is 0 Å². The van der Waals surface area contributed by atoms with Crippen molar-refractivity contribution in [1.82, 2.24) is 10.2 Å². The van der Waals surface area contributed by atoms with Crippen LogP contribution in [0.15, 0.2) is 54.6 Å². The zero-order valence-electron chi connectivity index (χ0n) is 16.8. The summed E-state index contributed by atoms with van der Waals surface area (Å²) >= 11 is 0. The molecule has 0 spiro atoms. The lowest BCUT2D eigenvalue weighted by Gasteiger charge is -2.32. The van der Waals surface area contributed by atoms with Crippen LogP contribution in [0.2, 0.25) is 0 Å². The third kappa shape index (κ3) is 6.52. The van der Waals surface area contributed by atoms with Crippen molar-refractivity contribution in [2.45, 2.75) is 38.6 Å². The normalized spacial score (nSPS) is 14.3. The molecule has 1 N–H and O–H groups in total. The Labute approximate surface area is 171 Å². The molecule has 0 radical (unpaired) electrons. The molecule has 2 amide bonds. The Kier molecular flexibility index (Phi) is 7.50. The number of ether oxygens (including phenoxy) is 2. The van der Waals surface area contributed by atoms with Gasteiger partial charge in [0.15, 0.2) is 0 Å². The standard InChI is InChI=1S/C23H28N2O4/c1-18-8-5-6-11-21(18)28-17-7-12-22(26)25-15-13-19(14-16-25)24-23(27)29-20-9-3-2-4-10-20/h2-6,8-11,19H,7,12-17H2,1H3,(H,24,27). The predicted octanol–water partition coefficient (Wildman–Crippen LogP) is 3.93. The van der Waals surface area contributed by atoms with Crippen LogP contribution in [-0.4, -0.2) is 42.6 Å². The number of aryl methyl sites for hydroxylation is 1. The van der Waals surface area contributed by atoms with Crippen LogP contribution in [0, 0.1) is 6.92 Å². The highest BCUT2D eigenvalue weighted by molar-refractivity contribution is 5.76. The number of carbonyl (C=O) groups is 2. The number of para-hydroxylation sites is 2. The summed E-state index contributed by atoms with van der Waals surface area (Å²) in [6.45, 7) is 3.83. The fourth-order valence-corrected chi connectivity index (χ4v) is 3.35. The second-order valence-corrected chi connectivity index (χ2v) is 7.22. The molecule has 1 aliphatic rings. The van der Waals surface area contributed by atoms with Crippen LogP contribution in [0.1, 0.15) is 31.2 Å². The summed E-state index contributed by atoms with van der Waals surface area (Å²) in [5.41, 5.74) is 1.10. The molecule has 0 aliphatic carbocycles. The summed E-state index contributed by atoms with van der Waals surface area (Å²) in [7, 11) is 0. The zero-order chi connectivity index (χ0) is 20.5. The Morgan fingerprint density at radius 3 is 2.45 bits per heavy atom. The van der Waals surface area contributed by atoms with Crippen LogP contribution >= 0.6 is 0 Å². The topological polar surface area (TPSA) is 67.9 Å². The Morgan fingerprint density at radius 1 is 1.03 bits per heavy atom. The summed E-state index contributed by atoms with van der Waals surface area (Å²) in [6, 6.07) is 16.9. The lowest BCUT2D eigenvalue weighted by molar-refractivity contribution is -0.132. The van der Waals surface area contributed by atoms with Crippen molar-refractivity contribution in [2.75, 3.05) is 19.7 Å². The highest BCUT2D eigenvalue weighted by Gasteiger charge is 2.24. The van der Waals surface area contributed by atoms with Crippen LogP contribution in [0.4, 0.5) is 4.79 Å². The molecule has 2 aromatic rings. The van der Waals surface area contributed by atoms with Crippen LogP contribution < -0.4 is 14.8 Å². The average molecular weight is 396 g/mol. The second-order valence-electron chi connectivity index (χ2n) is 7.22. The van der Waals surface area contributed by atoms with Crippen molar-refractivity contribution < 1.29 is 19.1 Å². The summed E-state index contributed by atoms with van der Waals surface area (Å²) in [5, 5.41) is 2.88. The van der Waals surface area contributed by atoms with Gasteiger partial charge in [-0.2, -0.15) is 0 Å². The molecule has 6 heteroatoms. The number of amides is 2. The molecule has 0 unspecified atom stereocenters. The third-order valence-corrected chi connectivity index (χ3v) is 5.01. The molecule has 0 saturated carbocycles. The van der Waals surface area contributed by atoms with Gasteiger partial charge in [-0.3, -0.25) is 4.79 Å². The van der Waals surface area contributed by atoms with E-state index in [4.69, 9.17) is 9.47 Å². The van der Waals surface area contributed by atoms with Crippen molar-refractivity contribution in [3.8, 4) is 11.5 Å². The van der Waals surface area contributed by atoms with Crippen molar-refractivity contribution in [3.63, 3.8) is 0 Å². The number of hydrogen-bond donors (Lipinski definition) is 1. The number of carbonyl (C=O) groups excluding carboxylic acids is 2. The molecule has 6 nitrogen and oxygen atoms in total. The van der Waals surface area contributed by atoms with Gasteiger partial charge in [0.1, 0.15) is 11.5 Å². The number of piperidine rings is 1. The SMILES string of the molecule is Cc1ccccc1OCCCC(=O)N1CCC(NC(=O)Oc2ccccc2)CC1. The Balaban J connectivity index is 1.32. The van der Waals surface area contributed by atoms with E-state index in [1.54, 1.807) is 12.1 Å². The smallest absolute Gasteiger partial charge is 0.412 e. The van der Waals surface area contributed by atoms with Gasteiger partial charge in [-0.05, 0) is 49.9 Å². The molecular formula is C23H28N2O4. The van der Waals surface area contributed by atoms with E-state index in [1.807, 2.05) is 54.3 Å². The van der Waals surface area contributed by atoms with Crippen molar-refractivity contribution >= 4 is 12.0 Å². The Hall–Kier alpha value is -3.02. The fourth-order valence-electron chi connectivity index (χ4n) is 3.35. The minimum absolute atomic E-state index is 0.0275. The van der Waals surface area contributed by atoms with Crippen LogP contribution in [0.5, 0.6) is 11.5 Å². The number of likely N-dealkylation sites (tertiary alicyclic amines) is 1. The van der Waals surface area contributed by atoms with Gasteiger partial charge in [0.2, 0.25) is 5.91 Å². The van der Waals surface area contributed by atoms with Gasteiger partial charge in [0.05, 0.1) is 6.61 Å². The number of hydrogen-bond acceptors (Lipinski definition) is 4. The molecule has 1 aliphatic heterocycles. The molecule has 0 bridgehead atoms. The minimum atomic E-state index is -0.450. The van der Waals surface area contributed by atoms with Crippen molar-refractivity contribution in [2.24, 2.45) is 0 Å². The van der Waals surface area contributed by atoms with E-state index < -0.39 is 6.09 Å². The largest absolute Gasteiger partial charge is 0.493 e. The second kappa shape index (κ2) is 10.5. The Morgan fingerprint density at radius 2 is 1.72 bits per heavy atom. The van der Waals surface area contributed by atoms with E-state index in [0.29, 0.717) is 38.3 Å². The van der Waals surface area contributed by atoms with E-state index >= 15 is 0 Å². The van der Waals surface area contributed by atoms with E-state index in [2.05, 4.69) is 5.32 Å². The molecule has 0 aromatic heterocycles. The molecule has 2 aromatic carbocycles. The third-order valence-electron chi connectivity index (χ3n) is 5.01. The maximum absolute atomic E-state index is 12.4. The van der Waals surface area contributed by atoms with Gasteiger partial charge in [-0.15, -0.1) is 0 Å². The van der Waals surface area contributed by atoms with Gasteiger partial charge in [-0.1, -0.05) is 36.4 Å². The summed E-state index contributed by atoms with van der Waals surface area (Å²) in [5.74, 6) is 1.53. The molecular weight excluding hydrogens is 368 g/mol. The fraction of sp³-hybridized carbons (Fsp3) is 0.391. The number of nitrogens with zero attached hydrogens (tertiary/aromatic N) is 1. The molecule has 1 saturated heterocycles. The maximum Gasteiger partial charge on any atom is 0.412 e. The minimum Gasteiger partial charge on any atom is -0.493 e. The quantitative estimate of drug-likeness (QED) is 0.720. The van der Waals surface area contributed by atoms with Gasteiger partial charge in [0, 0.05) is 25.6 Å². The summed E-state index contributed by atoms with van der Waals surface area (Å²) in [6.07, 6.45) is 2.17. The molecule has 0 atom stereocenters. The molecule has 3 rings (SSSR count). The molecule has 154 valence electrons. The van der Waals surface area contributed by atoms with Gasteiger partial charge in [0.25, 0.3) is 0 Å². The number of benzene rings is 2. The molecule has 1 heterocycles. The van der Waals surface area contributed by atoms with Crippen LogP contribution in [-0.2, 0) is 4.79 Å². The first-order valence-corrected chi connectivity index (χ1v) is 10.1. The molecule has 1 fully saturated rings. The van der Waals surface area contributed by atoms with Crippen LogP contribution in [0.3, 0.4) is 0 Å². The van der Waals surface area contributed by atoms with E-state index in [9.17, 15) is 9.59 Å². The lowest BCUT2D eigenvalue weighted by atomic mass is 10.0. The average Bonchev–Trinajstić information content (AvgIpc) is 2.73. The predicted molar refractivity (Wildman–Crippen MR) is 111 cm³/mol. The number of nitrogens with one attached hydrogen (secondary N) is 1. The number of rotatable bonds is 7. The van der Waals surface area contributed by atoms with Gasteiger partial charge < -0.3 is 19.7 Å². The maximum atomic E-state index is 12.4. The molecule has 29 heavy (non-hydrogen) atoms. The highest BCUT2D eigenvalue weighted by Crippen LogP contribution is 2.17. The zero-order valence-corrected chi connectivity index (χ0v) is 16.8. The summed E-state index contributed by atoms with van der Waals surface area (Å²) < 4.78 is 11.0. The van der Waals surface area contributed by atoms with E-state index in [0.717, 1.165) is 24.2 Å². The first-order valence-electron chi connectivity index (χ1n) is 10.1. The lowest BCUT2D eigenvalue weighted by Crippen LogP contribution is -2.47. The van der Waals surface area contributed by atoms with Gasteiger partial charge >= 0.3 is 6.09 Å². The first kappa shape index (κ1) is 20.7. The Bertz CT molecular complexity index is 802. The van der Waals surface area contributed by atoms with Gasteiger partial charge in [-0.25, -0.2) is 4.79 Å². The highest BCUT2D eigenvalue weighted by atomic mass is 16.6. The summed E-state index contributed by atoms with van der Waals surface area (Å²) in [4.78, 5) is 26.3. The van der Waals surface area contributed by atoms with E-state index in [1.165, 1.54) is 0 Å².